The lowest BCUT2D eigenvalue weighted by atomic mass is 10.1. The second-order valence-electron chi connectivity index (χ2n) is 6.07. The van der Waals surface area contributed by atoms with Gasteiger partial charge in [-0.3, -0.25) is 4.79 Å². The van der Waals surface area contributed by atoms with Gasteiger partial charge in [0, 0.05) is 24.2 Å². The van der Waals surface area contributed by atoms with Crippen LogP contribution >= 0.6 is 0 Å². The topological polar surface area (TPSA) is 34.0 Å². The molecule has 2 aromatic rings. The van der Waals surface area contributed by atoms with E-state index >= 15 is 0 Å². The van der Waals surface area contributed by atoms with Crippen molar-refractivity contribution in [1.82, 2.24) is 9.88 Å². The quantitative estimate of drug-likeness (QED) is 0.875. The number of nitrogens with one attached hydrogen (secondary N) is 1. The Bertz CT molecular complexity index is 659. The molecule has 0 aliphatic heterocycles. The molecule has 118 valence electrons. The first-order valence-electron chi connectivity index (χ1n) is 8.07. The molecule has 0 fully saturated rings. The van der Waals surface area contributed by atoms with Crippen LogP contribution in [0.25, 0.3) is 11.3 Å². The Hall–Kier alpha value is -1.87. The predicted octanol–water partition coefficient (Wildman–Crippen LogP) is 3.98. The van der Waals surface area contributed by atoms with Gasteiger partial charge in [-0.2, -0.15) is 0 Å². The highest BCUT2D eigenvalue weighted by Crippen LogP contribution is 2.21. The van der Waals surface area contributed by atoms with Gasteiger partial charge in [0.1, 0.15) is 0 Å². The average Bonchev–Trinajstić information content (AvgIpc) is 2.53. The fourth-order valence-corrected chi connectivity index (χ4v) is 2.52. The maximum Gasteiger partial charge on any atom is 0.255 e. The Labute approximate surface area is 133 Å². The summed E-state index contributed by atoms with van der Waals surface area (Å²) >= 11 is 0. The van der Waals surface area contributed by atoms with E-state index in [0.717, 1.165) is 23.2 Å². The molecule has 1 unspecified atom stereocenters. The van der Waals surface area contributed by atoms with E-state index in [9.17, 15) is 4.79 Å². The summed E-state index contributed by atoms with van der Waals surface area (Å²) in [6.45, 7) is 9.01. The summed E-state index contributed by atoms with van der Waals surface area (Å²) in [4.78, 5) is 12.8. The zero-order valence-electron chi connectivity index (χ0n) is 14.0. The second-order valence-corrected chi connectivity index (χ2v) is 6.07. The minimum Gasteiger partial charge on any atom is -0.310 e. The van der Waals surface area contributed by atoms with E-state index in [4.69, 9.17) is 0 Å². The predicted molar refractivity (Wildman–Crippen MR) is 93.1 cm³/mol. The van der Waals surface area contributed by atoms with Crippen molar-refractivity contribution in [3.05, 3.63) is 58.4 Å². The second kappa shape index (κ2) is 7.41. The zero-order valence-corrected chi connectivity index (χ0v) is 14.0. The molecule has 1 heterocycles. The summed E-state index contributed by atoms with van der Waals surface area (Å²) in [5, 5.41) is 3.40. The van der Waals surface area contributed by atoms with Gasteiger partial charge >= 0.3 is 0 Å². The van der Waals surface area contributed by atoms with Crippen LogP contribution in [0.15, 0.2) is 47.3 Å². The number of hydrogen-bond donors (Lipinski definition) is 1. The molecular formula is C19H26N2O. The van der Waals surface area contributed by atoms with Crippen LogP contribution in [-0.4, -0.2) is 10.6 Å². The van der Waals surface area contributed by atoms with E-state index in [1.54, 1.807) is 0 Å². The summed E-state index contributed by atoms with van der Waals surface area (Å²) in [6, 6.07) is 14.7. The highest BCUT2D eigenvalue weighted by atomic mass is 16.1. The maximum atomic E-state index is 12.8. The zero-order chi connectivity index (χ0) is 16.1. The lowest BCUT2D eigenvalue weighted by molar-refractivity contribution is 0.523. The van der Waals surface area contributed by atoms with Crippen molar-refractivity contribution in [2.75, 3.05) is 0 Å². The van der Waals surface area contributed by atoms with Crippen molar-refractivity contribution in [1.29, 1.82) is 0 Å². The van der Waals surface area contributed by atoms with Gasteiger partial charge in [0.2, 0.25) is 0 Å². The van der Waals surface area contributed by atoms with Crippen LogP contribution in [0.1, 0.15) is 45.7 Å². The van der Waals surface area contributed by atoms with Gasteiger partial charge in [-0.1, -0.05) is 43.3 Å². The smallest absolute Gasteiger partial charge is 0.255 e. The fourth-order valence-electron chi connectivity index (χ4n) is 2.52. The van der Waals surface area contributed by atoms with Crippen LogP contribution in [-0.2, 0) is 6.54 Å². The third-order valence-electron chi connectivity index (χ3n) is 4.03. The summed E-state index contributed by atoms with van der Waals surface area (Å²) in [5.74, 6) is 0. The van der Waals surface area contributed by atoms with Crippen molar-refractivity contribution in [3.8, 4) is 11.3 Å². The molecule has 0 spiro atoms. The molecule has 0 amide bonds. The molecule has 3 nitrogen and oxygen atoms in total. The molecular weight excluding hydrogens is 272 g/mol. The van der Waals surface area contributed by atoms with Gasteiger partial charge in [-0.15, -0.1) is 0 Å². The molecule has 0 bridgehead atoms. The minimum atomic E-state index is 0.104. The normalized spacial score (nSPS) is 12.6. The van der Waals surface area contributed by atoms with Crippen LogP contribution in [0, 0.1) is 0 Å². The number of aromatic nitrogens is 1. The highest BCUT2D eigenvalue weighted by Gasteiger charge is 2.13. The summed E-state index contributed by atoms with van der Waals surface area (Å²) in [7, 11) is 0. The standard InChI is InChI=1S/C19H26N2O/c1-5-15(4)20-13-17-11-12-18(16-9-7-6-8-10-16)21(14(2)3)19(17)22/h6-12,14-15,20H,5,13H2,1-4H3. The van der Waals surface area contributed by atoms with Crippen LogP contribution in [0.2, 0.25) is 0 Å². The Balaban J connectivity index is 2.42. The molecule has 0 saturated carbocycles. The monoisotopic (exact) mass is 298 g/mol. The van der Waals surface area contributed by atoms with Crippen LogP contribution in [0.4, 0.5) is 0 Å². The van der Waals surface area contributed by atoms with Crippen LogP contribution in [0.5, 0.6) is 0 Å². The van der Waals surface area contributed by atoms with Crippen molar-refractivity contribution in [2.45, 2.75) is 52.7 Å². The van der Waals surface area contributed by atoms with Gasteiger partial charge in [-0.05, 0) is 38.8 Å². The summed E-state index contributed by atoms with van der Waals surface area (Å²) < 4.78 is 1.89. The summed E-state index contributed by atoms with van der Waals surface area (Å²) in [5.41, 5.74) is 2.99. The molecule has 3 heteroatoms. The van der Waals surface area contributed by atoms with Crippen molar-refractivity contribution < 1.29 is 0 Å². The number of rotatable bonds is 6. The van der Waals surface area contributed by atoms with Gasteiger partial charge in [0.25, 0.3) is 5.56 Å². The maximum absolute atomic E-state index is 12.8. The molecule has 1 N–H and O–H groups in total. The SMILES string of the molecule is CCC(C)NCc1ccc(-c2ccccc2)n(C(C)C)c1=O. The van der Waals surface area contributed by atoms with Gasteiger partial charge in [-0.25, -0.2) is 0 Å². The summed E-state index contributed by atoms with van der Waals surface area (Å²) in [6.07, 6.45) is 1.06. The Morgan fingerprint density at radius 2 is 1.73 bits per heavy atom. The largest absolute Gasteiger partial charge is 0.310 e. The number of benzene rings is 1. The van der Waals surface area contributed by atoms with Crippen molar-refractivity contribution >= 4 is 0 Å². The molecule has 1 aromatic carbocycles. The van der Waals surface area contributed by atoms with Gasteiger partial charge in [0.15, 0.2) is 0 Å². The van der Waals surface area contributed by atoms with Gasteiger partial charge in [0.05, 0.1) is 5.69 Å². The molecule has 0 aliphatic carbocycles. The van der Waals surface area contributed by atoms with Gasteiger partial charge < -0.3 is 9.88 Å². The molecule has 22 heavy (non-hydrogen) atoms. The Morgan fingerprint density at radius 3 is 2.32 bits per heavy atom. The van der Waals surface area contributed by atoms with Crippen molar-refractivity contribution in [3.63, 3.8) is 0 Å². The minimum absolute atomic E-state index is 0.104. The molecule has 0 saturated heterocycles. The first kappa shape index (κ1) is 16.5. The van der Waals surface area contributed by atoms with Crippen LogP contribution in [0.3, 0.4) is 0 Å². The Morgan fingerprint density at radius 1 is 1.05 bits per heavy atom. The number of pyridine rings is 1. The lowest BCUT2D eigenvalue weighted by Gasteiger charge is -2.19. The Kier molecular flexibility index (Phi) is 5.56. The number of hydrogen-bond acceptors (Lipinski definition) is 2. The molecule has 0 aliphatic rings. The average molecular weight is 298 g/mol. The van der Waals surface area contributed by atoms with Crippen LogP contribution < -0.4 is 10.9 Å². The van der Waals surface area contributed by atoms with E-state index in [-0.39, 0.29) is 11.6 Å². The molecule has 0 radical (unpaired) electrons. The van der Waals surface area contributed by atoms with E-state index in [2.05, 4.69) is 39.1 Å². The molecule has 1 aromatic heterocycles. The molecule has 2 rings (SSSR count). The molecule has 1 atom stereocenters. The lowest BCUT2D eigenvalue weighted by Crippen LogP contribution is -2.32. The number of nitrogens with zero attached hydrogens (tertiary/aromatic N) is 1. The first-order chi connectivity index (χ1) is 10.5. The van der Waals surface area contributed by atoms with E-state index in [1.165, 1.54) is 0 Å². The first-order valence-corrected chi connectivity index (χ1v) is 8.07. The van der Waals surface area contributed by atoms with E-state index in [1.807, 2.05) is 41.0 Å². The third-order valence-corrected chi connectivity index (χ3v) is 4.03. The van der Waals surface area contributed by atoms with Crippen molar-refractivity contribution in [2.24, 2.45) is 0 Å². The van der Waals surface area contributed by atoms with E-state index in [0.29, 0.717) is 12.6 Å². The fraction of sp³-hybridized carbons (Fsp3) is 0.421. The third kappa shape index (κ3) is 3.66. The van der Waals surface area contributed by atoms with E-state index < -0.39 is 0 Å². The highest BCUT2D eigenvalue weighted by molar-refractivity contribution is 5.59.